The van der Waals surface area contributed by atoms with Crippen LogP contribution in [0.5, 0.6) is 23.0 Å². The normalized spacial score (nSPS) is 15.2. The lowest BCUT2D eigenvalue weighted by Gasteiger charge is -2.26. The fourth-order valence-electron chi connectivity index (χ4n) is 4.11. The maximum atomic E-state index is 13.8. The average Bonchev–Trinajstić information content (AvgIpc) is 3.17. The predicted octanol–water partition coefficient (Wildman–Crippen LogP) is 3.29. The van der Waals surface area contributed by atoms with Crippen LogP contribution in [0, 0.1) is 0 Å². The van der Waals surface area contributed by atoms with Crippen LogP contribution in [0.25, 0.3) is 6.08 Å². The van der Waals surface area contributed by atoms with Gasteiger partial charge in [0.25, 0.3) is 5.56 Å². The highest BCUT2D eigenvalue weighted by molar-refractivity contribution is 9.10. The van der Waals surface area contributed by atoms with Gasteiger partial charge in [0.05, 0.1) is 49.8 Å². The van der Waals surface area contributed by atoms with Crippen molar-refractivity contribution in [2.45, 2.75) is 19.9 Å². The third kappa shape index (κ3) is 4.88. The molecule has 0 saturated heterocycles. The van der Waals surface area contributed by atoms with E-state index in [9.17, 15) is 14.7 Å². The summed E-state index contributed by atoms with van der Waals surface area (Å²) in [6.07, 6.45) is 1.66. The molecule has 194 valence electrons. The van der Waals surface area contributed by atoms with E-state index in [0.717, 1.165) is 0 Å². The van der Waals surface area contributed by atoms with Gasteiger partial charge in [0, 0.05) is 4.47 Å². The second-order valence-corrected chi connectivity index (χ2v) is 9.83. The first-order valence-electron chi connectivity index (χ1n) is 11.2. The number of halogens is 1. The van der Waals surface area contributed by atoms with Gasteiger partial charge in [-0.15, -0.1) is 0 Å². The van der Waals surface area contributed by atoms with Crippen molar-refractivity contribution in [2.75, 3.05) is 27.9 Å². The van der Waals surface area contributed by atoms with Crippen molar-refractivity contribution in [1.82, 2.24) is 4.57 Å². The molecule has 1 aliphatic rings. The second kappa shape index (κ2) is 10.8. The lowest BCUT2D eigenvalue weighted by atomic mass is 9.95. The molecule has 2 aromatic carbocycles. The molecule has 11 heteroatoms. The molecule has 0 radical (unpaired) electrons. The standard InChI is InChI=1S/C26H25BrN2O7S/c1-6-36-25(32)22-13(2)28-26-29(23(22)15-11-19(34-4)20(35-5)12-16(15)27)24(31)21(37-26)10-14-7-8-18(33-3)17(30)9-14/h7-12,23,30H,6H2,1-5H3/b21-10-/t23-/m0/s1. The van der Waals surface area contributed by atoms with E-state index in [1.807, 2.05) is 0 Å². The van der Waals surface area contributed by atoms with Gasteiger partial charge in [-0.1, -0.05) is 33.3 Å². The average molecular weight is 589 g/mol. The summed E-state index contributed by atoms with van der Waals surface area (Å²) >= 11 is 4.76. The molecule has 2 heterocycles. The molecular formula is C26H25BrN2O7S. The Kier molecular flexibility index (Phi) is 7.74. The van der Waals surface area contributed by atoms with E-state index < -0.39 is 12.0 Å². The largest absolute Gasteiger partial charge is 0.504 e. The molecule has 0 fully saturated rings. The third-order valence-corrected chi connectivity index (χ3v) is 7.48. The number of allylic oxidation sites excluding steroid dienone is 1. The Labute approximate surface area is 225 Å². The molecule has 0 spiro atoms. The highest BCUT2D eigenvalue weighted by Crippen LogP contribution is 2.40. The Morgan fingerprint density at radius 3 is 2.43 bits per heavy atom. The van der Waals surface area contributed by atoms with E-state index in [-0.39, 0.29) is 23.5 Å². The van der Waals surface area contributed by atoms with Gasteiger partial charge in [0.1, 0.15) is 0 Å². The summed E-state index contributed by atoms with van der Waals surface area (Å²) < 4.78 is 23.8. The van der Waals surface area contributed by atoms with Gasteiger partial charge >= 0.3 is 5.97 Å². The maximum absolute atomic E-state index is 13.8. The van der Waals surface area contributed by atoms with Crippen LogP contribution in [-0.4, -0.2) is 43.6 Å². The number of methoxy groups -OCH3 is 3. The molecule has 0 unspecified atom stereocenters. The van der Waals surface area contributed by atoms with Crippen LogP contribution < -0.4 is 29.1 Å². The number of aromatic hydroxyl groups is 1. The van der Waals surface area contributed by atoms with E-state index in [2.05, 4.69) is 20.9 Å². The van der Waals surface area contributed by atoms with Crippen molar-refractivity contribution < 1.29 is 28.8 Å². The summed E-state index contributed by atoms with van der Waals surface area (Å²) in [5.74, 6) is 0.644. The van der Waals surface area contributed by atoms with Crippen molar-refractivity contribution in [3.8, 4) is 23.0 Å². The van der Waals surface area contributed by atoms with Crippen LogP contribution >= 0.6 is 27.3 Å². The number of carbonyl (C=O) groups excluding carboxylic acids is 1. The minimum atomic E-state index is -0.837. The van der Waals surface area contributed by atoms with Gasteiger partial charge in [-0.05, 0) is 55.3 Å². The molecule has 37 heavy (non-hydrogen) atoms. The summed E-state index contributed by atoms with van der Waals surface area (Å²) in [7, 11) is 4.50. The summed E-state index contributed by atoms with van der Waals surface area (Å²) in [5.41, 5.74) is 1.55. The van der Waals surface area contributed by atoms with Crippen molar-refractivity contribution in [2.24, 2.45) is 4.99 Å². The van der Waals surface area contributed by atoms with Gasteiger partial charge < -0.3 is 24.1 Å². The first-order chi connectivity index (χ1) is 17.7. The van der Waals surface area contributed by atoms with E-state index in [4.69, 9.17) is 18.9 Å². The minimum Gasteiger partial charge on any atom is -0.504 e. The third-order valence-electron chi connectivity index (χ3n) is 5.82. The molecule has 1 N–H and O–H groups in total. The molecule has 0 bridgehead atoms. The molecule has 1 aromatic heterocycles. The predicted molar refractivity (Wildman–Crippen MR) is 142 cm³/mol. The van der Waals surface area contributed by atoms with Crippen LogP contribution in [-0.2, 0) is 9.53 Å². The molecule has 0 saturated carbocycles. The molecule has 1 atom stereocenters. The molecule has 1 aliphatic heterocycles. The zero-order valence-corrected chi connectivity index (χ0v) is 23.2. The summed E-state index contributed by atoms with van der Waals surface area (Å²) in [6, 6.07) is 7.47. The zero-order valence-electron chi connectivity index (χ0n) is 20.8. The number of phenols is 1. The van der Waals surface area contributed by atoms with Crippen molar-refractivity contribution in [3.05, 3.63) is 76.9 Å². The van der Waals surface area contributed by atoms with Crippen molar-refractivity contribution in [3.63, 3.8) is 0 Å². The number of ether oxygens (including phenoxy) is 4. The number of carbonyl (C=O) groups is 1. The molecular weight excluding hydrogens is 564 g/mol. The topological polar surface area (TPSA) is 109 Å². The first kappa shape index (κ1) is 26.5. The molecule has 9 nitrogen and oxygen atoms in total. The number of thiazole rings is 1. The highest BCUT2D eigenvalue weighted by Gasteiger charge is 2.35. The van der Waals surface area contributed by atoms with Gasteiger partial charge in [-0.2, -0.15) is 0 Å². The number of hydrogen-bond donors (Lipinski definition) is 1. The number of hydrogen-bond acceptors (Lipinski definition) is 9. The molecule has 0 amide bonds. The Bertz CT molecular complexity index is 1590. The van der Waals surface area contributed by atoms with Crippen LogP contribution in [0.15, 0.2) is 55.9 Å². The Morgan fingerprint density at radius 1 is 1.14 bits per heavy atom. The molecule has 4 rings (SSSR count). The number of esters is 1. The number of nitrogens with zero attached hydrogens (tertiary/aromatic N) is 2. The van der Waals surface area contributed by atoms with Gasteiger partial charge in [0.15, 0.2) is 27.8 Å². The number of aromatic nitrogens is 1. The van der Waals surface area contributed by atoms with Crippen LogP contribution in [0.3, 0.4) is 0 Å². The lowest BCUT2D eigenvalue weighted by molar-refractivity contribution is -0.139. The second-order valence-electron chi connectivity index (χ2n) is 7.96. The number of phenolic OH excluding ortho intramolecular Hbond substituents is 1. The number of benzene rings is 2. The van der Waals surface area contributed by atoms with Gasteiger partial charge in [-0.25, -0.2) is 9.79 Å². The monoisotopic (exact) mass is 588 g/mol. The summed E-state index contributed by atoms with van der Waals surface area (Å²) in [4.78, 5) is 31.9. The smallest absolute Gasteiger partial charge is 0.338 e. The fourth-order valence-corrected chi connectivity index (χ4v) is 5.70. The van der Waals surface area contributed by atoms with Crippen LogP contribution in [0.2, 0.25) is 0 Å². The first-order valence-corrected chi connectivity index (χ1v) is 12.8. The van der Waals surface area contributed by atoms with Crippen molar-refractivity contribution >= 4 is 39.3 Å². The Hall–Kier alpha value is -3.57. The lowest BCUT2D eigenvalue weighted by Crippen LogP contribution is -2.40. The van der Waals surface area contributed by atoms with E-state index in [0.29, 0.717) is 47.9 Å². The summed E-state index contributed by atoms with van der Waals surface area (Å²) in [6.45, 7) is 3.60. The van der Waals surface area contributed by atoms with E-state index in [1.165, 1.54) is 43.3 Å². The zero-order chi connectivity index (χ0) is 26.9. The Balaban J connectivity index is 1.99. The van der Waals surface area contributed by atoms with Gasteiger partial charge in [-0.3, -0.25) is 9.36 Å². The van der Waals surface area contributed by atoms with E-state index >= 15 is 0 Å². The van der Waals surface area contributed by atoms with Crippen LogP contribution in [0.4, 0.5) is 0 Å². The molecule has 0 aliphatic carbocycles. The fraction of sp³-hybridized carbons (Fsp3) is 0.269. The summed E-state index contributed by atoms with van der Waals surface area (Å²) in [5, 5.41) is 10.2. The number of rotatable bonds is 7. The Morgan fingerprint density at radius 2 is 1.81 bits per heavy atom. The minimum absolute atomic E-state index is 0.0448. The highest BCUT2D eigenvalue weighted by atomic mass is 79.9. The SMILES string of the molecule is CCOC(=O)C1=C(C)N=c2s/c(=C\c3ccc(OC)c(O)c3)c(=O)n2[C@H]1c1cc(OC)c(OC)cc1Br. The molecule has 3 aromatic rings. The van der Waals surface area contributed by atoms with Gasteiger partial charge in [0.2, 0.25) is 0 Å². The quantitative estimate of drug-likeness (QED) is 0.422. The number of fused-ring (bicyclic) bond motifs is 1. The van der Waals surface area contributed by atoms with E-state index in [1.54, 1.807) is 44.2 Å². The van der Waals surface area contributed by atoms with Crippen molar-refractivity contribution in [1.29, 1.82) is 0 Å². The van der Waals surface area contributed by atoms with Crippen LogP contribution in [0.1, 0.15) is 31.0 Å². The maximum Gasteiger partial charge on any atom is 0.338 e.